The fourth-order valence-electron chi connectivity index (χ4n) is 1.43. The van der Waals surface area contributed by atoms with Crippen molar-refractivity contribution in [1.29, 1.82) is 0 Å². The fraction of sp³-hybridized carbons (Fsp3) is 0.417. The Balaban J connectivity index is 3.04. The van der Waals surface area contributed by atoms with Gasteiger partial charge in [0.05, 0.1) is 6.61 Å². The molecular formula is C12H17NO3. The average Bonchev–Trinajstić information content (AvgIpc) is 2.29. The van der Waals surface area contributed by atoms with Crippen LogP contribution in [0, 0.1) is 0 Å². The first kappa shape index (κ1) is 12.5. The van der Waals surface area contributed by atoms with Crippen LogP contribution in [0.5, 0.6) is 5.75 Å². The highest BCUT2D eigenvalue weighted by Crippen LogP contribution is 2.23. The Hall–Kier alpha value is -1.55. The third kappa shape index (κ3) is 2.33. The van der Waals surface area contributed by atoms with E-state index >= 15 is 0 Å². The van der Waals surface area contributed by atoms with Gasteiger partial charge in [-0.1, -0.05) is 12.1 Å². The van der Waals surface area contributed by atoms with Crippen LogP contribution < -0.4 is 5.32 Å². The Morgan fingerprint density at radius 1 is 1.44 bits per heavy atom. The van der Waals surface area contributed by atoms with E-state index in [1.807, 2.05) is 0 Å². The van der Waals surface area contributed by atoms with Crippen molar-refractivity contribution < 1.29 is 14.6 Å². The number of phenolic OH excluding ortho intramolecular Hbond substituents is 1. The van der Waals surface area contributed by atoms with Gasteiger partial charge in [-0.05, 0) is 38.6 Å². The number of esters is 1. The molecule has 1 rings (SSSR count). The molecule has 0 saturated carbocycles. The number of phenols is 1. The van der Waals surface area contributed by atoms with Gasteiger partial charge in [-0.25, -0.2) is 4.79 Å². The first-order valence-corrected chi connectivity index (χ1v) is 5.20. The van der Waals surface area contributed by atoms with Gasteiger partial charge in [0.1, 0.15) is 11.3 Å². The Bertz CT molecular complexity index is 361. The summed E-state index contributed by atoms with van der Waals surface area (Å²) >= 11 is 0. The van der Waals surface area contributed by atoms with Crippen LogP contribution in [0.15, 0.2) is 24.3 Å². The normalized spacial score (nSPS) is 14.2. The van der Waals surface area contributed by atoms with Gasteiger partial charge < -0.3 is 15.2 Å². The number of benzene rings is 1. The number of carbonyl (C=O) groups is 1. The molecule has 0 heterocycles. The van der Waals surface area contributed by atoms with Crippen LogP contribution in [-0.4, -0.2) is 24.7 Å². The molecule has 0 saturated heterocycles. The molecule has 16 heavy (non-hydrogen) atoms. The van der Waals surface area contributed by atoms with Crippen molar-refractivity contribution in [2.45, 2.75) is 19.4 Å². The monoisotopic (exact) mass is 223 g/mol. The summed E-state index contributed by atoms with van der Waals surface area (Å²) < 4.78 is 5.02. The van der Waals surface area contributed by atoms with Crippen molar-refractivity contribution in [3.05, 3.63) is 29.8 Å². The minimum absolute atomic E-state index is 0.172. The van der Waals surface area contributed by atoms with Gasteiger partial charge in [0.2, 0.25) is 0 Å². The molecule has 0 fully saturated rings. The summed E-state index contributed by atoms with van der Waals surface area (Å²) in [6.45, 7) is 3.86. The lowest BCUT2D eigenvalue weighted by Crippen LogP contribution is -2.45. The van der Waals surface area contributed by atoms with Gasteiger partial charge >= 0.3 is 5.97 Å². The standard InChI is InChI=1S/C12H17NO3/c1-4-16-11(15)12(2,13-3)9-5-7-10(14)8-6-9/h5-8,13-14H,4H2,1-3H3. The Kier molecular flexibility index (Phi) is 3.90. The molecule has 0 amide bonds. The van der Waals surface area contributed by atoms with E-state index < -0.39 is 5.54 Å². The summed E-state index contributed by atoms with van der Waals surface area (Å²) in [6, 6.07) is 6.49. The summed E-state index contributed by atoms with van der Waals surface area (Å²) in [5.41, 5.74) is -0.129. The third-order valence-electron chi connectivity index (χ3n) is 2.63. The largest absolute Gasteiger partial charge is 0.508 e. The molecule has 1 unspecified atom stereocenters. The summed E-state index contributed by atoms with van der Waals surface area (Å²) in [5, 5.41) is 12.1. The van der Waals surface area contributed by atoms with E-state index in [1.54, 1.807) is 45.2 Å². The highest BCUT2D eigenvalue weighted by Gasteiger charge is 2.34. The zero-order valence-corrected chi connectivity index (χ0v) is 9.78. The van der Waals surface area contributed by atoms with E-state index in [2.05, 4.69) is 5.32 Å². The van der Waals surface area contributed by atoms with Gasteiger partial charge in [-0.3, -0.25) is 0 Å². The van der Waals surface area contributed by atoms with E-state index in [9.17, 15) is 9.90 Å². The summed E-state index contributed by atoms with van der Waals surface area (Å²) in [5.74, 6) is -0.158. The van der Waals surface area contributed by atoms with Crippen molar-refractivity contribution in [2.24, 2.45) is 0 Å². The molecule has 0 aliphatic heterocycles. The minimum atomic E-state index is -0.885. The minimum Gasteiger partial charge on any atom is -0.508 e. The maximum absolute atomic E-state index is 11.8. The second kappa shape index (κ2) is 4.99. The SMILES string of the molecule is CCOC(=O)C(C)(NC)c1ccc(O)cc1. The van der Waals surface area contributed by atoms with E-state index in [0.29, 0.717) is 6.61 Å². The van der Waals surface area contributed by atoms with E-state index in [0.717, 1.165) is 5.56 Å². The quantitative estimate of drug-likeness (QED) is 0.757. The molecule has 1 aromatic carbocycles. The number of nitrogens with one attached hydrogen (secondary N) is 1. The molecule has 0 spiro atoms. The molecule has 4 heteroatoms. The molecule has 0 aliphatic rings. The first-order valence-electron chi connectivity index (χ1n) is 5.20. The number of carbonyl (C=O) groups excluding carboxylic acids is 1. The van der Waals surface area contributed by atoms with Gasteiger partial charge in [0.25, 0.3) is 0 Å². The van der Waals surface area contributed by atoms with Crippen LogP contribution in [0.3, 0.4) is 0 Å². The smallest absolute Gasteiger partial charge is 0.330 e. The number of aromatic hydroxyl groups is 1. The molecule has 88 valence electrons. The highest BCUT2D eigenvalue weighted by molar-refractivity contribution is 5.82. The second-order valence-electron chi connectivity index (χ2n) is 3.64. The number of likely N-dealkylation sites (N-methyl/N-ethyl adjacent to an activating group) is 1. The highest BCUT2D eigenvalue weighted by atomic mass is 16.5. The molecule has 0 radical (unpaired) electrons. The van der Waals surface area contributed by atoms with E-state index in [4.69, 9.17) is 4.74 Å². The van der Waals surface area contributed by atoms with E-state index in [1.165, 1.54) is 0 Å². The predicted octanol–water partition coefficient (Wildman–Crippen LogP) is 1.39. The molecule has 1 aromatic rings. The summed E-state index contributed by atoms with van der Waals surface area (Å²) in [4.78, 5) is 11.8. The number of hydrogen-bond donors (Lipinski definition) is 2. The van der Waals surface area contributed by atoms with Crippen LogP contribution in [0.2, 0.25) is 0 Å². The molecule has 0 bridgehead atoms. The Morgan fingerprint density at radius 3 is 2.44 bits per heavy atom. The van der Waals surface area contributed by atoms with Crippen LogP contribution >= 0.6 is 0 Å². The molecule has 4 nitrogen and oxygen atoms in total. The fourth-order valence-corrected chi connectivity index (χ4v) is 1.43. The number of hydrogen-bond acceptors (Lipinski definition) is 4. The van der Waals surface area contributed by atoms with E-state index in [-0.39, 0.29) is 11.7 Å². The molecular weight excluding hydrogens is 206 g/mol. The molecule has 0 aliphatic carbocycles. The second-order valence-corrected chi connectivity index (χ2v) is 3.64. The lowest BCUT2D eigenvalue weighted by Gasteiger charge is -2.27. The van der Waals surface area contributed by atoms with Crippen LogP contribution in [0.4, 0.5) is 0 Å². The Labute approximate surface area is 95.2 Å². The average molecular weight is 223 g/mol. The maximum Gasteiger partial charge on any atom is 0.330 e. The Morgan fingerprint density at radius 2 is 2.00 bits per heavy atom. The predicted molar refractivity (Wildman–Crippen MR) is 61.2 cm³/mol. The van der Waals surface area contributed by atoms with Gasteiger partial charge in [0.15, 0.2) is 0 Å². The summed E-state index contributed by atoms with van der Waals surface area (Å²) in [6.07, 6.45) is 0. The van der Waals surface area contributed by atoms with Crippen molar-refractivity contribution in [1.82, 2.24) is 5.32 Å². The first-order chi connectivity index (χ1) is 7.54. The van der Waals surface area contributed by atoms with Crippen molar-refractivity contribution in [3.8, 4) is 5.75 Å². The zero-order chi connectivity index (χ0) is 12.2. The number of rotatable bonds is 4. The van der Waals surface area contributed by atoms with Gasteiger partial charge in [-0.2, -0.15) is 0 Å². The molecule has 1 atom stereocenters. The van der Waals surface area contributed by atoms with Crippen LogP contribution in [0.1, 0.15) is 19.4 Å². The van der Waals surface area contributed by atoms with Gasteiger partial charge in [-0.15, -0.1) is 0 Å². The lowest BCUT2D eigenvalue weighted by atomic mass is 9.92. The number of ether oxygens (including phenoxy) is 1. The van der Waals surface area contributed by atoms with Gasteiger partial charge in [0, 0.05) is 0 Å². The van der Waals surface area contributed by atoms with Crippen molar-refractivity contribution >= 4 is 5.97 Å². The molecule has 0 aromatic heterocycles. The van der Waals surface area contributed by atoms with Crippen molar-refractivity contribution in [2.75, 3.05) is 13.7 Å². The zero-order valence-electron chi connectivity index (χ0n) is 9.78. The lowest BCUT2D eigenvalue weighted by molar-refractivity contribution is -0.150. The third-order valence-corrected chi connectivity index (χ3v) is 2.63. The molecule has 2 N–H and O–H groups in total. The topological polar surface area (TPSA) is 58.6 Å². The summed E-state index contributed by atoms with van der Waals surface area (Å²) in [7, 11) is 1.70. The maximum atomic E-state index is 11.8. The van der Waals surface area contributed by atoms with Crippen LogP contribution in [-0.2, 0) is 15.1 Å². The van der Waals surface area contributed by atoms with Crippen molar-refractivity contribution in [3.63, 3.8) is 0 Å². The van der Waals surface area contributed by atoms with Crippen LogP contribution in [0.25, 0.3) is 0 Å².